The molecule has 0 saturated heterocycles. The molecule has 50 heavy (non-hydrogen) atoms. The number of halogens is 2. The SMILES string of the molecule is OCCC(O)(CCO)NC(Cl)CCCCCCCCCCCCCCCCCCCCCCC(Cl)NC(O)(Cc1ccccc1)CC(O)CO. The summed E-state index contributed by atoms with van der Waals surface area (Å²) in [5, 5.41) is 65.1. The van der Waals surface area contributed by atoms with Crippen LogP contribution in [0.3, 0.4) is 0 Å². The van der Waals surface area contributed by atoms with Gasteiger partial charge < -0.3 is 30.6 Å². The van der Waals surface area contributed by atoms with Crippen LogP contribution in [0.4, 0.5) is 0 Å². The Hall–Kier alpha value is -0.520. The zero-order chi connectivity index (χ0) is 36.8. The molecular weight excluding hydrogens is 675 g/mol. The number of rotatable bonds is 36. The van der Waals surface area contributed by atoms with Crippen LogP contribution < -0.4 is 10.6 Å². The molecule has 0 aliphatic carbocycles. The van der Waals surface area contributed by atoms with Crippen molar-refractivity contribution in [1.29, 1.82) is 0 Å². The van der Waals surface area contributed by atoms with E-state index in [9.17, 15) is 20.4 Å². The van der Waals surface area contributed by atoms with Crippen molar-refractivity contribution < 1.29 is 30.6 Å². The molecule has 1 aromatic carbocycles. The first-order valence-electron chi connectivity index (χ1n) is 20.0. The molecule has 0 bridgehead atoms. The zero-order valence-electron chi connectivity index (χ0n) is 31.1. The highest BCUT2D eigenvalue weighted by molar-refractivity contribution is 6.20. The van der Waals surface area contributed by atoms with Gasteiger partial charge in [-0.15, -0.1) is 23.2 Å². The first-order chi connectivity index (χ1) is 24.1. The van der Waals surface area contributed by atoms with Crippen LogP contribution in [-0.2, 0) is 6.42 Å². The molecule has 0 spiro atoms. The van der Waals surface area contributed by atoms with Gasteiger partial charge in [0, 0.05) is 38.9 Å². The Labute approximate surface area is 314 Å². The number of aliphatic hydroxyl groups is 6. The Morgan fingerprint density at radius 1 is 0.520 bits per heavy atom. The lowest BCUT2D eigenvalue weighted by Gasteiger charge is -2.33. The first-order valence-corrected chi connectivity index (χ1v) is 20.9. The van der Waals surface area contributed by atoms with Crippen molar-refractivity contribution in [2.45, 2.75) is 195 Å². The standard InChI is InChI=1S/C40H74Cl2N2O6/c41-37(43-39(49,28-30-45)29-31-46)26-22-17-15-13-11-9-7-5-3-1-2-4-6-8-10-12-14-16-18-23-27-38(42)44-40(50,33-36(48)34-47)32-35-24-20-19-21-25-35/h19-21,24-25,36-38,43-50H,1-18,22-23,26-34H2. The summed E-state index contributed by atoms with van der Waals surface area (Å²) in [6.45, 7) is -0.700. The molecule has 4 unspecified atom stereocenters. The predicted octanol–water partition coefficient (Wildman–Crippen LogP) is 8.01. The third-order valence-electron chi connectivity index (χ3n) is 9.69. The Balaban J connectivity index is 1.90. The van der Waals surface area contributed by atoms with Gasteiger partial charge in [0.15, 0.2) is 0 Å². The summed E-state index contributed by atoms with van der Waals surface area (Å²) < 4.78 is 0. The maximum Gasteiger partial charge on any atom is 0.123 e. The summed E-state index contributed by atoms with van der Waals surface area (Å²) in [7, 11) is 0. The normalized spacial score (nSPS) is 15.2. The fraction of sp³-hybridized carbons (Fsp3) is 0.850. The van der Waals surface area contributed by atoms with Gasteiger partial charge in [0.25, 0.3) is 0 Å². The highest BCUT2D eigenvalue weighted by atomic mass is 35.5. The van der Waals surface area contributed by atoms with Gasteiger partial charge in [-0.1, -0.05) is 159 Å². The Kier molecular flexibility index (Phi) is 29.3. The van der Waals surface area contributed by atoms with Gasteiger partial charge in [0.1, 0.15) is 11.4 Å². The fourth-order valence-corrected chi connectivity index (χ4v) is 7.48. The average Bonchev–Trinajstić information content (AvgIpc) is 3.07. The third kappa shape index (κ3) is 26.3. The second-order valence-electron chi connectivity index (χ2n) is 14.6. The molecule has 1 rings (SSSR count). The second-order valence-corrected chi connectivity index (χ2v) is 15.6. The number of benzene rings is 1. The minimum Gasteiger partial charge on any atom is -0.396 e. The van der Waals surface area contributed by atoms with Crippen LogP contribution in [0.15, 0.2) is 30.3 Å². The van der Waals surface area contributed by atoms with Crippen molar-refractivity contribution >= 4 is 23.2 Å². The van der Waals surface area contributed by atoms with E-state index in [2.05, 4.69) is 10.6 Å². The first kappa shape index (κ1) is 47.5. The van der Waals surface area contributed by atoms with Crippen LogP contribution in [0.1, 0.15) is 166 Å². The van der Waals surface area contributed by atoms with E-state index < -0.39 is 29.7 Å². The topological polar surface area (TPSA) is 145 Å². The van der Waals surface area contributed by atoms with Crippen molar-refractivity contribution in [3.8, 4) is 0 Å². The van der Waals surface area contributed by atoms with Crippen LogP contribution in [-0.4, -0.2) is 79.0 Å². The van der Waals surface area contributed by atoms with E-state index in [1.807, 2.05) is 30.3 Å². The summed E-state index contributed by atoms with van der Waals surface area (Å²) in [5.74, 6) is 0. The largest absolute Gasteiger partial charge is 0.396 e. The summed E-state index contributed by atoms with van der Waals surface area (Å²) in [6, 6.07) is 9.63. The summed E-state index contributed by atoms with van der Waals surface area (Å²) >= 11 is 12.9. The van der Waals surface area contributed by atoms with Gasteiger partial charge in [-0.05, 0) is 18.4 Å². The van der Waals surface area contributed by atoms with E-state index in [1.165, 1.54) is 103 Å². The van der Waals surface area contributed by atoms with E-state index in [-0.39, 0.29) is 38.0 Å². The second kappa shape index (κ2) is 30.9. The Bertz CT molecular complexity index is 883. The minimum atomic E-state index is -1.38. The zero-order valence-corrected chi connectivity index (χ0v) is 32.6. The number of nitrogens with one attached hydrogen (secondary N) is 2. The van der Waals surface area contributed by atoms with Crippen LogP contribution >= 0.6 is 23.2 Å². The third-order valence-corrected chi connectivity index (χ3v) is 10.3. The molecule has 0 aliphatic heterocycles. The molecule has 0 saturated carbocycles. The minimum absolute atomic E-state index is 0.0115. The molecule has 10 heteroatoms. The molecule has 8 N–H and O–H groups in total. The van der Waals surface area contributed by atoms with Crippen molar-refractivity contribution in [2.24, 2.45) is 0 Å². The highest BCUT2D eigenvalue weighted by Gasteiger charge is 2.32. The lowest BCUT2D eigenvalue weighted by atomic mass is 9.96. The van der Waals surface area contributed by atoms with Gasteiger partial charge in [-0.2, -0.15) is 0 Å². The Morgan fingerprint density at radius 2 is 0.860 bits per heavy atom. The van der Waals surface area contributed by atoms with Gasteiger partial charge >= 0.3 is 0 Å². The van der Waals surface area contributed by atoms with Crippen molar-refractivity contribution in [2.75, 3.05) is 19.8 Å². The van der Waals surface area contributed by atoms with Crippen molar-refractivity contribution in [3.63, 3.8) is 0 Å². The number of hydrogen-bond donors (Lipinski definition) is 8. The molecule has 0 aliphatic rings. The molecular formula is C40H74Cl2N2O6. The highest BCUT2D eigenvalue weighted by Crippen LogP contribution is 2.22. The number of aliphatic hydroxyl groups excluding tert-OH is 4. The lowest BCUT2D eigenvalue weighted by Crippen LogP contribution is -2.52. The number of hydrogen-bond acceptors (Lipinski definition) is 8. The van der Waals surface area contributed by atoms with Gasteiger partial charge in [-0.25, -0.2) is 0 Å². The quantitative estimate of drug-likeness (QED) is 0.0149. The van der Waals surface area contributed by atoms with Crippen LogP contribution in [0, 0.1) is 0 Å². The monoisotopic (exact) mass is 748 g/mol. The van der Waals surface area contributed by atoms with Crippen molar-refractivity contribution in [1.82, 2.24) is 10.6 Å². The number of unbranched alkanes of at least 4 members (excludes halogenated alkanes) is 19. The molecule has 0 radical (unpaired) electrons. The van der Waals surface area contributed by atoms with Gasteiger partial charge in [0.05, 0.1) is 23.7 Å². The molecule has 0 aromatic heterocycles. The molecule has 0 heterocycles. The van der Waals surface area contributed by atoms with Crippen LogP contribution in [0.5, 0.6) is 0 Å². The summed E-state index contributed by atoms with van der Waals surface area (Å²) in [5.41, 5.74) is -2.49. The maximum atomic E-state index is 11.2. The van der Waals surface area contributed by atoms with Gasteiger partial charge in [-0.3, -0.25) is 10.6 Å². The average molecular weight is 750 g/mol. The molecule has 8 nitrogen and oxygen atoms in total. The number of alkyl halides is 2. The molecule has 0 fully saturated rings. The van der Waals surface area contributed by atoms with E-state index >= 15 is 0 Å². The maximum absolute atomic E-state index is 11.2. The van der Waals surface area contributed by atoms with E-state index in [0.29, 0.717) is 6.42 Å². The molecule has 294 valence electrons. The van der Waals surface area contributed by atoms with Crippen LogP contribution in [0.2, 0.25) is 0 Å². The summed E-state index contributed by atoms with van der Waals surface area (Å²) in [6.07, 6.45) is 26.4. The van der Waals surface area contributed by atoms with Crippen LogP contribution in [0.25, 0.3) is 0 Å². The van der Waals surface area contributed by atoms with Crippen molar-refractivity contribution in [3.05, 3.63) is 35.9 Å². The molecule has 0 amide bonds. The lowest BCUT2D eigenvalue weighted by molar-refractivity contribution is -0.0519. The Morgan fingerprint density at radius 3 is 1.20 bits per heavy atom. The smallest absolute Gasteiger partial charge is 0.123 e. The van der Waals surface area contributed by atoms with E-state index in [0.717, 1.165) is 44.1 Å². The van der Waals surface area contributed by atoms with Gasteiger partial charge in [0.2, 0.25) is 0 Å². The summed E-state index contributed by atoms with van der Waals surface area (Å²) in [4.78, 5) is 0. The molecule has 1 aromatic rings. The fourth-order valence-electron chi connectivity index (χ4n) is 6.77. The molecule has 4 atom stereocenters. The van der Waals surface area contributed by atoms with E-state index in [4.69, 9.17) is 33.4 Å². The van der Waals surface area contributed by atoms with E-state index in [1.54, 1.807) is 0 Å². The predicted molar refractivity (Wildman–Crippen MR) is 208 cm³/mol.